The fraction of sp³-hybridized carbons (Fsp3) is 0.600. The molecule has 1 aliphatic carbocycles. The van der Waals surface area contributed by atoms with Crippen LogP contribution in [0.4, 0.5) is 0 Å². The van der Waals surface area contributed by atoms with Gasteiger partial charge in [-0.1, -0.05) is 29.8 Å². The summed E-state index contributed by atoms with van der Waals surface area (Å²) in [5.41, 5.74) is 8.65. The molecule has 0 radical (unpaired) electrons. The molecule has 3 heteroatoms. The molecule has 1 unspecified atom stereocenters. The van der Waals surface area contributed by atoms with E-state index in [-0.39, 0.29) is 6.04 Å². The Labute approximate surface area is 110 Å². The highest BCUT2D eigenvalue weighted by Crippen LogP contribution is 2.23. The molecule has 0 heterocycles. The predicted octanol–water partition coefficient (Wildman–Crippen LogP) is 2.15. The third-order valence-electron chi connectivity index (χ3n) is 3.63. The minimum Gasteiger partial charge on any atom is -0.378 e. The standard InChI is InChI=1S/C15H24N2O/c1-3-18-14-8-13(9-14)17-10-15(16)12-6-4-11(2)5-7-12/h4-7,13-15,17H,3,8-10,16H2,1-2H3. The highest BCUT2D eigenvalue weighted by atomic mass is 16.5. The third-order valence-corrected chi connectivity index (χ3v) is 3.63. The van der Waals surface area contributed by atoms with Crippen LogP contribution in [0.25, 0.3) is 0 Å². The van der Waals surface area contributed by atoms with Gasteiger partial charge in [-0.15, -0.1) is 0 Å². The maximum absolute atomic E-state index is 6.17. The molecule has 0 aliphatic heterocycles. The lowest BCUT2D eigenvalue weighted by molar-refractivity contribution is -0.00999. The molecule has 2 rings (SSSR count). The zero-order valence-corrected chi connectivity index (χ0v) is 11.4. The second kappa shape index (κ2) is 6.32. The SMILES string of the molecule is CCOC1CC(NCC(N)c2ccc(C)cc2)C1. The molecule has 1 aromatic rings. The monoisotopic (exact) mass is 248 g/mol. The van der Waals surface area contributed by atoms with Crippen LogP contribution < -0.4 is 11.1 Å². The number of nitrogens with two attached hydrogens (primary N) is 1. The lowest BCUT2D eigenvalue weighted by Crippen LogP contribution is -2.47. The fourth-order valence-corrected chi connectivity index (χ4v) is 2.33. The van der Waals surface area contributed by atoms with Crippen LogP contribution in [0.1, 0.15) is 36.9 Å². The average molecular weight is 248 g/mol. The zero-order chi connectivity index (χ0) is 13.0. The summed E-state index contributed by atoms with van der Waals surface area (Å²) in [6.07, 6.45) is 2.70. The highest BCUT2D eigenvalue weighted by molar-refractivity contribution is 5.24. The number of aryl methyl sites for hydroxylation is 1. The minimum absolute atomic E-state index is 0.0803. The number of benzene rings is 1. The normalized spacial score (nSPS) is 24.6. The Morgan fingerprint density at radius 2 is 2.00 bits per heavy atom. The van der Waals surface area contributed by atoms with Gasteiger partial charge in [0, 0.05) is 25.2 Å². The van der Waals surface area contributed by atoms with Crippen molar-refractivity contribution in [2.75, 3.05) is 13.2 Å². The van der Waals surface area contributed by atoms with E-state index >= 15 is 0 Å². The topological polar surface area (TPSA) is 47.3 Å². The Morgan fingerprint density at radius 1 is 1.33 bits per heavy atom. The van der Waals surface area contributed by atoms with Crippen molar-refractivity contribution >= 4 is 0 Å². The van der Waals surface area contributed by atoms with Crippen LogP contribution >= 0.6 is 0 Å². The lowest BCUT2D eigenvalue weighted by atomic mass is 9.89. The van der Waals surface area contributed by atoms with E-state index in [0.717, 1.165) is 26.0 Å². The summed E-state index contributed by atoms with van der Waals surface area (Å²) in [6.45, 7) is 5.80. The van der Waals surface area contributed by atoms with E-state index in [1.54, 1.807) is 0 Å². The van der Waals surface area contributed by atoms with Crippen molar-refractivity contribution in [1.29, 1.82) is 0 Å². The molecule has 1 aromatic carbocycles. The Kier molecular flexibility index (Phi) is 4.75. The van der Waals surface area contributed by atoms with E-state index < -0.39 is 0 Å². The Morgan fingerprint density at radius 3 is 2.61 bits per heavy atom. The van der Waals surface area contributed by atoms with Crippen molar-refractivity contribution in [3.63, 3.8) is 0 Å². The number of nitrogens with one attached hydrogen (secondary N) is 1. The summed E-state index contributed by atoms with van der Waals surface area (Å²) in [6, 6.07) is 9.12. The molecule has 0 amide bonds. The van der Waals surface area contributed by atoms with Crippen LogP contribution in [0.15, 0.2) is 24.3 Å². The van der Waals surface area contributed by atoms with Crippen LogP contribution in [0.2, 0.25) is 0 Å². The summed E-state index contributed by atoms with van der Waals surface area (Å²) in [7, 11) is 0. The fourth-order valence-electron chi connectivity index (χ4n) is 2.33. The summed E-state index contributed by atoms with van der Waals surface area (Å²) in [5, 5.41) is 3.52. The van der Waals surface area contributed by atoms with Gasteiger partial charge in [0.1, 0.15) is 0 Å². The molecule has 1 aliphatic rings. The number of ether oxygens (including phenoxy) is 1. The number of rotatable bonds is 6. The molecule has 0 aromatic heterocycles. The average Bonchev–Trinajstić information content (AvgIpc) is 2.32. The van der Waals surface area contributed by atoms with E-state index in [1.165, 1.54) is 11.1 Å². The summed E-state index contributed by atoms with van der Waals surface area (Å²) >= 11 is 0. The first-order valence-electron chi connectivity index (χ1n) is 6.86. The molecule has 0 bridgehead atoms. The molecule has 0 spiro atoms. The minimum atomic E-state index is 0.0803. The highest BCUT2D eigenvalue weighted by Gasteiger charge is 2.29. The smallest absolute Gasteiger partial charge is 0.0604 e. The van der Waals surface area contributed by atoms with E-state index in [1.807, 2.05) is 6.92 Å². The van der Waals surface area contributed by atoms with Gasteiger partial charge in [-0.2, -0.15) is 0 Å². The molecule has 0 saturated heterocycles. The maximum atomic E-state index is 6.17. The predicted molar refractivity (Wildman–Crippen MR) is 74.5 cm³/mol. The first-order chi connectivity index (χ1) is 8.69. The van der Waals surface area contributed by atoms with Crippen molar-refractivity contribution in [2.45, 2.75) is 44.9 Å². The molecule has 100 valence electrons. The van der Waals surface area contributed by atoms with Crippen molar-refractivity contribution in [1.82, 2.24) is 5.32 Å². The lowest BCUT2D eigenvalue weighted by Gasteiger charge is -2.36. The van der Waals surface area contributed by atoms with Gasteiger partial charge in [0.15, 0.2) is 0 Å². The van der Waals surface area contributed by atoms with Crippen molar-refractivity contribution in [3.8, 4) is 0 Å². The van der Waals surface area contributed by atoms with Gasteiger partial charge in [-0.05, 0) is 32.3 Å². The Bertz CT molecular complexity index is 357. The van der Waals surface area contributed by atoms with E-state index in [2.05, 4.69) is 36.5 Å². The van der Waals surface area contributed by atoms with E-state index in [9.17, 15) is 0 Å². The molecule has 18 heavy (non-hydrogen) atoms. The van der Waals surface area contributed by atoms with Crippen LogP contribution in [0.3, 0.4) is 0 Å². The largest absolute Gasteiger partial charge is 0.378 e. The van der Waals surface area contributed by atoms with E-state index in [0.29, 0.717) is 12.1 Å². The van der Waals surface area contributed by atoms with Crippen LogP contribution in [0.5, 0.6) is 0 Å². The van der Waals surface area contributed by atoms with Gasteiger partial charge in [0.2, 0.25) is 0 Å². The molecule has 1 atom stereocenters. The van der Waals surface area contributed by atoms with Gasteiger partial charge in [-0.25, -0.2) is 0 Å². The third kappa shape index (κ3) is 3.55. The number of hydrogen-bond acceptors (Lipinski definition) is 3. The van der Waals surface area contributed by atoms with Crippen molar-refractivity contribution in [2.24, 2.45) is 5.73 Å². The summed E-state index contributed by atoms with van der Waals surface area (Å²) in [5.74, 6) is 0. The summed E-state index contributed by atoms with van der Waals surface area (Å²) < 4.78 is 5.54. The second-order valence-corrected chi connectivity index (χ2v) is 5.17. The van der Waals surface area contributed by atoms with Gasteiger partial charge in [0.05, 0.1) is 6.10 Å². The van der Waals surface area contributed by atoms with E-state index in [4.69, 9.17) is 10.5 Å². The van der Waals surface area contributed by atoms with Gasteiger partial charge < -0.3 is 15.8 Å². The Hall–Kier alpha value is -0.900. The molecule has 1 fully saturated rings. The molecule has 1 saturated carbocycles. The maximum Gasteiger partial charge on any atom is 0.0604 e. The number of hydrogen-bond donors (Lipinski definition) is 2. The first kappa shape index (κ1) is 13.5. The molecule has 3 nitrogen and oxygen atoms in total. The molecular formula is C15H24N2O. The van der Waals surface area contributed by atoms with Crippen LogP contribution in [-0.4, -0.2) is 25.3 Å². The second-order valence-electron chi connectivity index (χ2n) is 5.17. The van der Waals surface area contributed by atoms with Gasteiger partial charge >= 0.3 is 0 Å². The first-order valence-corrected chi connectivity index (χ1v) is 6.86. The van der Waals surface area contributed by atoms with Crippen molar-refractivity contribution < 1.29 is 4.74 Å². The molecular weight excluding hydrogens is 224 g/mol. The quantitative estimate of drug-likeness (QED) is 0.811. The Balaban J connectivity index is 1.69. The summed E-state index contributed by atoms with van der Waals surface area (Å²) in [4.78, 5) is 0. The molecule has 3 N–H and O–H groups in total. The van der Waals surface area contributed by atoms with Crippen molar-refractivity contribution in [3.05, 3.63) is 35.4 Å². The van der Waals surface area contributed by atoms with Crippen LogP contribution in [-0.2, 0) is 4.74 Å². The van der Waals surface area contributed by atoms with Gasteiger partial charge in [-0.3, -0.25) is 0 Å². The van der Waals surface area contributed by atoms with Gasteiger partial charge in [0.25, 0.3) is 0 Å². The zero-order valence-electron chi connectivity index (χ0n) is 11.4. The van der Waals surface area contributed by atoms with Crippen LogP contribution in [0, 0.1) is 6.92 Å².